The Morgan fingerprint density at radius 3 is 2.47 bits per heavy atom. The molecular weight excluding hydrogens is 514 g/mol. The Morgan fingerprint density at radius 2 is 1.84 bits per heavy atom. The van der Waals surface area contributed by atoms with Crippen LogP contribution in [0.15, 0.2) is 57.5 Å². The molecule has 4 rings (SSSR count). The number of thiazole rings is 1. The third-order valence-electron chi connectivity index (χ3n) is 5.96. The lowest BCUT2D eigenvalue weighted by atomic mass is 9.94. The monoisotopic (exact) mass is 539 g/mol. The summed E-state index contributed by atoms with van der Waals surface area (Å²) in [6.45, 7) is 3.50. The number of nitrogens with zero attached hydrogens (tertiary/aromatic N) is 3. The molecular formula is C26H25N3O8S. The largest absolute Gasteiger partial charge is 0.497 e. The molecule has 1 aliphatic heterocycles. The molecule has 11 nitrogen and oxygen atoms in total. The van der Waals surface area contributed by atoms with E-state index in [-0.39, 0.29) is 22.4 Å². The number of methoxy groups -OCH3 is 3. The van der Waals surface area contributed by atoms with Gasteiger partial charge in [-0.25, -0.2) is 9.79 Å². The molecule has 0 amide bonds. The minimum absolute atomic E-state index is 0.134. The smallest absolute Gasteiger partial charge is 0.338 e. The summed E-state index contributed by atoms with van der Waals surface area (Å²) in [4.78, 5) is 42.7. The van der Waals surface area contributed by atoms with Crippen LogP contribution in [0, 0.1) is 10.1 Å². The quantitative estimate of drug-likeness (QED) is 0.243. The van der Waals surface area contributed by atoms with Crippen molar-refractivity contribution in [3.8, 4) is 17.2 Å². The van der Waals surface area contributed by atoms with E-state index >= 15 is 0 Å². The van der Waals surface area contributed by atoms with Gasteiger partial charge < -0.3 is 18.9 Å². The molecule has 1 aliphatic rings. The van der Waals surface area contributed by atoms with Crippen LogP contribution in [0.2, 0.25) is 0 Å². The van der Waals surface area contributed by atoms with Crippen molar-refractivity contribution in [3.05, 3.63) is 88.6 Å². The van der Waals surface area contributed by atoms with Gasteiger partial charge in [-0.1, -0.05) is 11.3 Å². The van der Waals surface area contributed by atoms with Crippen molar-refractivity contribution in [1.29, 1.82) is 0 Å². The Balaban J connectivity index is 2.03. The predicted molar refractivity (Wildman–Crippen MR) is 140 cm³/mol. The number of carbonyl (C=O) groups is 1. The molecule has 0 bridgehead atoms. The van der Waals surface area contributed by atoms with Gasteiger partial charge in [0.2, 0.25) is 0 Å². The Kier molecular flexibility index (Phi) is 7.62. The lowest BCUT2D eigenvalue weighted by Gasteiger charge is -2.26. The van der Waals surface area contributed by atoms with E-state index in [1.165, 1.54) is 50.2 Å². The Hall–Kier alpha value is -4.45. The molecule has 1 atom stereocenters. The predicted octanol–water partition coefficient (Wildman–Crippen LogP) is 2.73. The molecule has 12 heteroatoms. The SMILES string of the molecule is CCOC(=O)C1=C(C)N=c2s/c(=C/c3cc([N+](=O)[O-])ccc3OC)c(=O)n2[C@H]1c1cc(OC)ccc1OC. The number of nitro groups is 1. The topological polar surface area (TPSA) is 131 Å². The second-order valence-corrected chi connectivity index (χ2v) is 9.10. The molecule has 2 heterocycles. The third-order valence-corrected chi connectivity index (χ3v) is 6.94. The Bertz CT molecular complexity index is 1640. The standard InChI is InChI=1S/C26H25N3O8S/c1-6-37-25(31)22-14(2)27-26-28(23(22)18-13-17(34-3)8-10-20(18)36-5)24(30)21(38-26)12-15-11-16(29(32)33)7-9-19(15)35-4/h7-13,23H,6H2,1-5H3/b21-12+/t23-/m0/s1. The molecule has 0 radical (unpaired) electrons. The second-order valence-electron chi connectivity index (χ2n) is 8.09. The number of ether oxygens (including phenoxy) is 4. The molecule has 0 spiro atoms. The second kappa shape index (κ2) is 10.9. The Labute approximate surface area is 221 Å². The molecule has 1 aromatic heterocycles. The van der Waals surface area contributed by atoms with Crippen LogP contribution in [0.1, 0.15) is 31.0 Å². The molecule has 198 valence electrons. The number of rotatable bonds is 8. The number of non-ortho nitro benzene ring substituents is 1. The van der Waals surface area contributed by atoms with Crippen molar-refractivity contribution in [2.24, 2.45) is 4.99 Å². The van der Waals surface area contributed by atoms with E-state index in [9.17, 15) is 19.7 Å². The van der Waals surface area contributed by atoms with Gasteiger partial charge >= 0.3 is 5.97 Å². The van der Waals surface area contributed by atoms with E-state index in [4.69, 9.17) is 18.9 Å². The lowest BCUT2D eigenvalue weighted by Crippen LogP contribution is -2.40. The summed E-state index contributed by atoms with van der Waals surface area (Å²) in [5.74, 6) is 0.679. The highest BCUT2D eigenvalue weighted by molar-refractivity contribution is 7.07. The summed E-state index contributed by atoms with van der Waals surface area (Å²) in [5, 5.41) is 11.3. The van der Waals surface area contributed by atoms with Crippen molar-refractivity contribution in [2.75, 3.05) is 27.9 Å². The summed E-state index contributed by atoms with van der Waals surface area (Å²) in [6, 6.07) is 8.29. The van der Waals surface area contributed by atoms with Gasteiger partial charge in [0.05, 0.1) is 48.7 Å². The van der Waals surface area contributed by atoms with Gasteiger partial charge in [0.25, 0.3) is 11.2 Å². The maximum absolute atomic E-state index is 13.9. The van der Waals surface area contributed by atoms with Crippen molar-refractivity contribution < 1.29 is 28.7 Å². The summed E-state index contributed by atoms with van der Waals surface area (Å²) in [7, 11) is 4.44. The van der Waals surface area contributed by atoms with Crippen molar-refractivity contribution in [3.63, 3.8) is 0 Å². The molecule has 0 unspecified atom stereocenters. The number of hydrogen-bond acceptors (Lipinski definition) is 10. The van der Waals surface area contributed by atoms with Crippen LogP contribution in [0.5, 0.6) is 17.2 Å². The van der Waals surface area contributed by atoms with E-state index in [0.717, 1.165) is 11.3 Å². The van der Waals surface area contributed by atoms with Gasteiger partial charge in [0, 0.05) is 23.3 Å². The number of carbonyl (C=O) groups excluding carboxylic acids is 1. The molecule has 3 aromatic rings. The van der Waals surface area contributed by atoms with Crippen LogP contribution in [-0.2, 0) is 9.53 Å². The number of nitro benzene ring substituents is 1. The fraction of sp³-hybridized carbons (Fsp3) is 0.269. The maximum Gasteiger partial charge on any atom is 0.338 e. The first-order valence-corrected chi connectivity index (χ1v) is 12.3. The number of allylic oxidation sites excluding steroid dienone is 1. The average molecular weight is 540 g/mol. The van der Waals surface area contributed by atoms with Gasteiger partial charge in [-0.2, -0.15) is 0 Å². The first-order chi connectivity index (χ1) is 18.2. The zero-order valence-corrected chi connectivity index (χ0v) is 22.2. The molecule has 0 N–H and O–H groups in total. The van der Waals surface area contributed by atoms with E-state index in [1.54, 1.807) is 32.0 Å². The van der Waals surface area contributed by atoms with E-state index in [2.05, 4.69) is 4.99 Å². The molecule has 2 aromatic carbocycles. The van der Waals surface area contributed by atoms with Crippen LogP contribution >= 0.6 is 11.3 Å². The molecule has 0 aliphatic carbocycles. The fourth-order valence-electron chi connectivity index (χ4n) is 4.23. The highest BCUT2D eigenvalue weighted by Gasteiger charge is 2.35. The fourth-order valence-corrected chi connectivity index (χ4v) is 5.27. The van der Waals surface area contributed by atoms with Crippen molar-refractivity contribution >= 4 is 29.1 Å². The summed E-state index contributed by atoms with van der Waals surface area (Å²) in [5.41, 5.74) is 0.827. The van der Waals surface area contributed by atoms with Crippen LogP contribution < -0.4 is 29.1 Å². The first kappa shape index (κ1) is 26.6. The van der Waals surface area contributed by atoms with Gasteiger partial charge in [-0.05, 0) is 44.2 Å². The maximum atomic E-state index is 13.9. The molecule has 0 saturated carbocycles. The minimum Gasteiger partial charge on any atom is -0.497 e. The number of aromatic nitrogens is 1. The normalized spacial score (nSPS) is 15.0. The summed E-state index contributed by atoms with van der Waals surface area (Å²) < 4.78 is 23.3. The molecule has 0 fully saturated rings. The van der Waals surface area contributed by atoms with Crippen LogP contribution in [0.3, 0.4) is 0 Å². The van der Waals surface area contributed by atoms with Gasteiger partial charge in [-0.15, -0.1) is 0 Å². The first-order valence-electron chi connectivity index (χ1n) is 11.5. The number of esters is 1. The third kappa shape index (κ3) is 4.77. The highest BCUT2D eigenvalue weighted by Crippen LogP contribution is 2.37. The van der Waals surface area contributed by atoms with E-state index < -0.39 is 22.5 Å². The lowest BCUT2D eigenvalue weighted by molar-refractivity contribution is -0.384. The summed E-state index contributed by atoms with van der Waals surface area (Å²) >= 11 is 1.09. The van der Waals surface area contributed by atoms with Crippen molar-refractivity contribution in [1.82, 2.24) is 4.57 Å². The number of fused-ring (bicyclic) bond motifs is 1. The minimum atomic E-state index is -0.926. The highest BCUT2D eigenvalue weighted by atomic mass is 32.1. The van der Waals surface area contributed by atoms with E-state index in [0.29, 0.717) is 38.9 Å². The zero-order valence-electron chi connectivity index (χ0n) is 21.3. The van der Waals surface area contributed by atoms with Gasteiger partial charge in [-0.3, -0.25) is 19.5 Å². The molecule has 0 saturated heterocycles. The van der Waals surface area contributed by atoms with Gasteiger partial charge in [0.1, 0.15) is 23.3 Å². The zero-order chi connectivity index (χ0) is 27.6. The average Bonchev–Trinajstić information content (AvgIpc) is 3.21. The summed E-state index contributed by atoms with van der Waals surface area (Å²) in [6.07, 6.45) is 1.51. The van der Waals surface area contributed by atoms with E-state index in [1.807, 2.05) is 0 Å². The Morgan fingerprint density at radius 1 is 1.13 bits per heavy atom. The number of benzene rings is 2. The van der Waals surface area contributed by atoms with Crippen LogP contribution in [-0.4, -0.2) is 43.4 Å². The van der Waals surface area contributed by atoms with Crippen LogP contribution in [0.25, 0.3) is 6.08 Å². The number of hydrogen-bond donors (Lipinski definition) is 0. The molecule has 38 heavy (non-hydrogen) atoms. The van der Waals surface area contributed by atoms with Crippen LogP contribution in [0.4, 0.5) is 5.69 Å². The van der Waals surface area contributed by atoms with Gasteiger partial charge in [0.15, 0.2) is 4.80 Å². The van der Waals surface area contributed by atoms with Crippen molar-refractivity contribution in [2.45, 2.75) is 19.9 Å².